The molecule has 0 aliphatic heterocycles. The number of halogens is 1. The Balaban J connectivity index is 2.43. The minimum atomic E-state index is 0.292. The zero-order valence-electron chi connectivity index (χ0n) is 11.8. The zero-order chi connectivity index (χ0) is 14.0. The summed E-state index contributed by atoms with van der Waals surface area (Å²) in [5, 5.41) is 4.54. The van der Waals surface area contributed by atoms with E-state index in [4.69, 9.17) is 11.6 Å². The Labute approximate surface area is 118 Å². The molecule has 2 rings (SSSR count). The summed E-state index contributed by atoms with van der Waals surface area (Å²) in [7, 11) is 0. The van der Waals surface area contributed by atoms with Gasteiger partial charge >= 0.3 is 0 Å². The quantitative estimate of drug-likeness (QED) is 0.802. The van der Waals surface area contributed by atoms with Crippen LogP contribution < -0.4 is 0 Å². The van der Waals surface area contributed by atoms with E-state index in [-0.39, 0.29) is 0 Å². The minimum absolute atomic E-state index is 0.292. The molecular formula is C14H19ClN4. The molecular weight excluding hydrogens is 260 g/mol. The largest absolute Gasteiger partial charge is 0.239 e. The average molecular weight is 279 g/mol. The zero-order valence-corrected chi connectivity index (χ0v) is 12.5. The number of hydrogen-bond donors (Lipinski definition) is 0. The molecule has 102 valence electrons. The molecule has 0 spiro atoms. The molecule has 2 heterocycles. The summed E-state index contributed by atoms with van der Waals surface area (Å²) in [5.74, 6) is 1.86. The van der Waals surface area contributed by atoms with Crippen molar-refractivity contribution < 1.29 is 0 Å². The number of rotatable bonds is 4. The maximum atomic E-state index is 6.00. The van der Waals surface area contributed by atoms with Crippen molar-refractivity contribution in [2.45, 2.75) is 45.4 Å². The molecule has 0 saturated heterocycles. The molecule has 0 aliphatic rings. The summed E-state index contributed by atoms with van der Waals surface area (Å²) in [6.45, 7) is 8.37. The van der Waals surface area contributed by atoms with E-state index in [1.54, 1.807) is 10.9 Å². The third-order valence-electron chi connectivity index (χ3n) is 2.96. The lowest BCUT2D eigenvalue weighted by molar-refractivity contribution is 0.733. The first-order valence-electron chi connectivity index (χ1n) is 6.50. The van der Waals surface area contributed by atoms with Crippen LogP contribution in [0.1, 0.15) is 56.7 Å². The molecule has 0 radical (unpaired) electrons. The van der Waals surface area contributed by atoms with Crippen LogP contribution in [-0.2, 0) is 5.88 Å². The van der Waals surface area contributed by atoms with Crippen molar-refractivity contribution in [3.8, 4) is 5.69 Å². The molecule has 0 saturated carbocycles. The molecule has 2 aromatic rings. The Hall–Kier alpha value is -1.42. The van der Waals surface area contributed by atoms with E-state index in [0.717, 1.165) is 22.9 Å². The molecule has 0 aromatic carbocycles. The van der Waals surface area contributed by atoms with Crippen LogP contribution in [0.3, 0.4) is 0 Å². The van der Waals surface area contributed by atoms with Gasteiger partial charge in [-0.2, -0.15) is 5.10 Å². The standard InChI is InChI=1S/C14H19ClN4/c1-9(2)11-5-6-19(18-11)13-8-16-14(10(3)4)17-12(13)7-15/h5-6,8-10H,7H2,1-4H3. The van der Waals surface area contributed by atoms with E-state index in [0.29, 0.717) is 17.7 Å². The van der Waals surface area contributed by atoms with Crippen LogP contribution in [0.15, 0.2) is 18.5 Å². The van der Waals surface area contributed by atoms with Crippen LogP contribution in [0.2, 0.25) is 0 Å². The van der Waals surface area contributed by atoms with E-state index in [2.05, 4.69) is 42.8 Å². The van der Waals surface area contributed by atoms with Crippen LogP contribution in [0.25, 0.3) is 5.69 Å². The van der Waals surface area contributed by atoms with Gasteiger partial charge in [0.05, 0.1) is 23.5 Å². The SMILES string of the molecule is CC(C)c1ccn(-c2cnc(C(C)C)nc2CCl)n1. The highest BCUT2D eigenvalue weighted by Gasteiger charge is 2.12. The van der Waals surface area contributed by atoms with E-state index < -0.39 is 0 Å². The topological polar surface area (TPSA) is 43.6 Å². The Morgan fingerprint density at radius 2 is 1.95 bits per heavy atom. The first-order valence-corrected chi connectivity index (χ1v) is 7.04. The Morgan fingerprint density at radius 1 is 1.21 bits per heavy atom. The fourth-order valence-corrected chi connectivity index (χ4v) is 1.97. The maximum Gasteiger partial charge on any atom is 0.131 e. The summed E-state index contributed by atoms with van der Waals surface area (Å²) in [6.07, 6.45) is 3.73. The molecule has 0 bridgehead atoms. The minimum Gasteiger partial charge on any atom is -0.239 e. The smallest absolute Gasteiger partial charge is 0.131 e. The molecule has 0 amide bonds. The highest BCUT2D eigenvalue weighted by Crippen LogP contribution is 2.19. The summed E-state index contributed by atoms with van der Waals surface area (Å²) in [6, 6.07) is 2.01. The third-order valence-corrected chi connectivity index (χ3v) is 3.21. The Kier molecular flexibility index (Phi) is 4.20. The maximum absolute atomic E-state index is 6.00. The predicted octanol–water partition coefficient (Wildman–Crippen LogP) is 3.65. The van der Waals surface area contributed by atoms with Gasteiger partial charge in [-0.1, -0.05) is 27.7 Å². The monoisotopic (exact) mass is 278 g/mol. The van der Waals surface area contributed by atoms with Gasteiger partial charge in [0, 0.05) is 12.1 Å². The second-order valence-corrected chi connectivity index (χ2v) is 5.46. The first-order chi connectivity index (χ1) is 9.02. The van der Waals surface area contributed by atoms with Gasteiger partial charge in [-0.05, 0) is 12.0 Å². The van der Waals surface area contributed by atoms with E-state index >= 15 is 0 Å². The van der Waals surface area contributed by atoms with Crippen LogP contribution in [0.4, 0.5) is 0 Å². The van der Waals surface area contributed by atoms with Crippen LogP contribution in [0.5, 0.6) is 0 Å². The second kappa shape index (κ2) is 5.70. The van der Waals surface area contributed by atoms with Crippen molar-refractivity contribution in [2.75, 3.05) is 0 Å². The van der Waals surface area contributed by atoms with Gasteiger partial charge in [0.25, 0.3) is 0 Å². The first kappa shape index (κ1) is 14.0. The summed E-state index contributed by atoms with van der Waals surface area (Å²) in [5.41, 5.74) is 2.72. The van der Waals surface area contributed by atoms with Crippen molar-refractivity contribution in [1.29, 1.82) is 0 Å². The highest BCUT2D eigenvalue weighted by atomic mass is 35.5. The molecule has 0 fully saturated rings. The lowest BCUT2D eigenvalue weighted by atomic mass is 10.1. The van der Waals surface area contributed by atoms with E-state index in [1.165, 1.54) is 0 Å². The van der Waals surface area contributed by atoms with Crippen LogP contribution in [0, 0.1) is 0 Å². The molecule has 0 aliphatic carbocycles. The molecule has 2 aromatic heterocycles. The van der Waals surface area contributed by atoms with Gasteiger partial charge in [-0.25, -0.2) is 14.6 Å². The third kappa shape index (κ3) is 2.95. The summed E-state index contributed by atoms with van der Waals surface area (Å²) >= 11 is 6.00. The Morgan fingerprint density at radius 3 is 2.47 bits per heavy atom. The molecule has 5 heteroatoms. The van der Waals surface area contributed by atoms with Crippen molar-refractivity contribution in [1.82, 2.24) is 19.7 Å². The number of aromatic nitrogens is 4. The molecule has 0 N–H and O–H groups in total. The van der Waals surface area contributed by atoms with Crippen molar-refractivity contribution >= 4 is 11.6 Å². The van der Waals surface area contributed by atoms with Crippen LogP contribution >= 0.6 is 11.6 Å². The fourth-order valence-electron chi connectivity index (χ4n) is 1.77. The average Bonchev–Trinajstić information content (AvgIpc) is 2.87. The van der Waals surface area contributed by atoms with Gasteiger partial charge in [0.15, 0.2) is 0 Å². The predicted molar refractivity (Wildman–Crippen MR) is 76.9 cm³/mol. The van der Waals surface area contributed by atoms with Gasteiger partial charge < -0.3 is 0 Å². The van der Waals surface area contributed by atoms with Crippen molar-refractivity contribution in [2.24, 2.45) is 0 Å². The fraction of sp³-hybridized carbons (Fsp3) is 0.500. The summed E-state index contributed by atoms with van der Waals surface area (Å²) in [4.78, 5) is 8.90. The van der Waals surface area contributed by atoms with E-state index in [9.17, 15) is 0 Å². The van der Waals surface area contributed by atoms with Gasteiger partial charge in [-0.3, -0.25) is 0 Å². The van der Waals surface area contributed by atoms with Gasteiger partial charge in [0.2, 0.25) is 0 Å². The van der Waals surface area contributed by atoms with Crippen LogP contribution in [-0.4, -0.2) is 19.7 Å². The van der Waals surface area contributed by atoms with Gasteiger partial charge in [-0.15, -0.1) is 11.6 Å². The van der Waals surface area contributed by atoms with Crippen molar-refractivity contribution in [3.63, 3.8) is 0 Å². The molecule has 0 unspecified atom stereocenters. The normalized spacial score (nSPS) is 11.5. The lowest BCUT2D eigenvalue weighted by Crippen LogP contribution is -2.07. The number of hydrogen-bond acceptors (Lipinski definition) is 3. The summed E-state index contributed by atoms with van der Waals surface area (Å²) < 4.78 is 1.80. The molecule has 4 nitrogen and oxygen atoms in total. The number of nitrogens with zero attached hydrogens (tertiary/aromatic N) is 4. The van der Waals surface area contributed by atoms with Gasteiger partial charge in [0.1, 0.15) is 11.5 Å². The second-order valence-electron chi connectivity index (χ2n) is 5.19. The van der Waals surface area contributed by atoms with E-state index in [1.807, 2.05) is 12.3 Å². The lowest BCUT2D eigenvalue weighted by Gasteiger charge is -2.10. The Bertz CT molecular complexity index is 560. The molecule has 19 heavy (non-hydrogen) atoms. The number of alkyl halides is 1. The highest BCUT2D eigenvalue weighted by molar-refractivity contribution is 6.17. The molecule has 0 atom stereocenters. The van der Waals surface area contributed by atoms with Crippen molar-refractivity contribution in [3.05, 3.63) is 35.7 Å².